The fourth-order valence-electron chi connectivity index (χ4n) is 3.17. The van der Waals surface area contributed by atoms with Crippen LogP contribution in [0, 0.1) is 5.41 Å². The molecule has 2 aromatic rings. The Kier molecular flexibility index (Phi) is 8.31. The third kappa shape index (κ3) is 5.42. The highest BCUT2D eigenvalue weighted by atomic mass is 35.5. The Hall–Kier alpha value is -3.46. The second-order valence-electron chi connectivity index (χ2n) is 6.76. The first kappa shape index (κ1) is 24.8. The minimum absolute atomic E-state index is 0.0575. The van der Waals surface area contributed by atoms with Crippen molar-refractivity contribution < 1.29 is 28.9 Å². The van der Waals surface area contributed by atoms with E-state index in [1.165, 1.54) is 19.2 Å². The Morgan fingerprint density at radius 2 is 1.88 bits per heavy atom. The predicted octanol–water partition coefficient (Wildman–Crippen LogP) is 3.38. The Balaban J connectivity index is 2.60. The molecule has 0 aliphatic carbocycles. The van der Waals surface area contributed by atoms with Crippen LogP contribution >= 0.6 is 11.6 Å². The van der Waals surface area contributed by atoms with Gasteiger partial charge in [-0.05, 0) is 43.7 Å². The Labute approximate surface area is 190 Å². The number of carbonyl (C=O) groups is 2. The van der Waals surface area contributed by atoms with Crippen LogP contribution in [-0.4, -0.2) is 43.2 Å². The number of methoxy groups -OCH3 is 1. The molecule has 0 radical (unpaired) electrons. The molecular weight excluding hydrogens is 438 g/mol. The average Bonchev–Trinajstić information content (AvgIpc) is 2.76. The number of nitrogens with one attached hydrogen (secondary N) is 2. The molecule has 0 amide bonds. The lowest BCUT2D eigenvalue weighted by Gasteiger charge is -2.33. The topological polar surface area (TPSA) is 144 Å². The van der Waals surface area contributed by atoms with E-state index in [1.54, 1.807) is 38.1 Å². The van der Waals surface area contributed by atoms with Gasteiger partial charge in [0, 0.05) is 27.9 Å². The van der Waals surface area contributed by atoms with Crippen LogP contribution in [0.25, 0.3) is 0 Å². The molecule has 0 aliphatic heterocycles. The number of carbonyl (C=O) groups excluding carboxylic acids is 1. The fourth-order valence-corrected chi connectivity index (χ4v) is 3.37. The van der Waals surface area contributed by atoms with Crippen molar-refractivity contribution in [2.45, 2.75) is 25.8 Å². The van der Waals surface area contributed by atoms with Crippen molar-refractivity contribution in [2.75, 3.05) is 25.6 Å². The van der Waals surface area contributed by atoms with Gasteiger partial charge in [0.1, 0.15) is 5.84 Å². The minimum Gasteiger partial charge on any atom is -0.493 e. The summed E-state index contributed by atoms with van der Waals surface area (Å²) < 4.78 is 15.9. The molecule has 172 valence electrons. The van der Waals surface area contributed by atoms with E-state index in [1.807, 2.05) is 0 Å². The zero-order valence-electron chi connectivity index (χ0n) is 18.0. The van der Waals surface area contributed by atoms with Crippen LogP contribution in [0.1, 0.15) is 31.4 Å². The number of carboxylic acid groups (broad SMARTS) is 1. The maximum Gasteiger partial charge on any atom is 0.344 e. The zero-order valence-corrected chi connectivity index (χ0v) is 18.8. The van der Waals surface area contributed by atoms with Crippen LogP contribution < -0.4 is 20.5 Å². The fraction of sp³-hybridized carbons (Fsp3) is 0.318. The molecule has 0 spiro atoms. The molecule has 0 heterocycles. The van der Waals surface area contributed by atoms with Gasteiger partial charge in [0.25, 0.3) is 0 Å². The molecule has 10 heteroatoms. The number of halogens is 1. The lowest BCUT2D eigenvalue weighted by Crippen LogP contribution is -2.43. The summed E-state index contributed by atoms with van der Waals surface area (Å²) in [5.41, 5.74) is 4.95. The summed E-state index contributed by atoms with van der Waals surface area (Å²) in [5, 5.41) is 21.1. The van der Waals surface area contributed by atoms with E-state index >= 15 is 0 Å². The average molecular weight is 464 g/mol. The van der Waals surface area contributed by atoms with Gasteiger partial charge in [-0.2, -0.15) is 0 Å². The number of nitrogens with two attached hydrogens (primary N) is 1. The molecule has 9 nitrogen and oxygen atoms in total. The third-order valence-corrected chi connectivity index (χ3v) is 5.01. The maximum atomic E-state index is 12.6. The number of nitrogen functional groups attached to an aromatic ring is 1. The SMILES string of the molecule is CCOC(=O)COc1c(OC)cc(Cl)cc1C(CC)(Nc1ccc(C(=N)N)cc1)C(=O)O. The van der Waals surface area contributed by atoms with Crippen molar-refractivity contribution >= 4 is 35.1 Å². The van der Waals surface area contributed by atoms with Crippen molar-refractivity contribution in [3.63, 3.8) is 0 Å². The third-order valence-electron chi connectivity index (χ3n) is 4.79. The highest BCUT2D eigenvalue weighted by Gasteiger charge is 2.42. The van der Waals surface area contributed by atoms with E-state index in [2.05, 4.69) is 5.32 Å². The molecule has 0 aliphatic rings. The van der Waals surface area contributed by atoms with Gasteiger partial charge in [-0.15, -0.1) is 0 Å². The van der Waals surface area contributed by atoms with Gasteiger partial charge in [0.05, 0.1) is 13.7 Å². The minimum atomic E-state index is -1.68. The number of anilines is 1. The monoisotopic (exact) mass is 463 g/mol. The van der Waals surface area contributed by atoms with Crippen molar-refractivity contribution in [1.82, 2.24) is 0 Å². The van der Waals surface area contributed by atoms with Crippen molar-refractivity contribution in [3.05, 3.63) is 52.5 Å². The highest BCUT2D eigenvalue weighted by Crippen LogP contribution is 2.43. The molecule has 0 aromatic heterocycles. The smallest absolute Gasteiger partial charge is 0.344 e. The van der Waals surface area contributed by atoms with Crippen LogP contribution in [-0.2, 0) is 19.9 Å². The molecule has 0 saturated carbocycles. The van der Waals surface area contributed by atoms with Crippen LogP contribution in [0.4, 0.5) is 5.69 Å². The van der Waals surface area contributed by atoms with E-state index in [9.17, 15) is 14.7 Å². The largest absolute Gasteiger partial charge is 0.493 e. The van der Waals surface area contributed by atoms with E-state index in [4.69, 9.17) is 37.0 Å². The summed E-state index contributed by atoms with van der Waals surface area (Å²) >= 11 is 6.25. The van der Waals surface area contributed by atoms with Crippen LogP contribution in [0.15, 0.2) is 36.4 Å². The van der Waals surface area contributed by atoms with E-state index in [-0.39, 0.29) is 40.9 Å². The lowest BCUT2D eigenvalue weighted by atomic mass is 9.85. The van der Waals surface area contributed by atoms with Gasteiger partial charge in [0.15, 0.2) is 23.6 Å². The molecular formula is C22H26ClN3O6. The van der Waals surface area contributed by atoms with Gasteiger partial charge in [0.2, 0.25) is 0 Å². The van der Waals surface area contributed by atoms with E-state index in [0.717, 1.165) is 0 Å². The van der Waals surface area contributed by atoms with Gasteiger partial charge in [-0.1, -0.05) is 18.5 Å². The molecule has 0 bridgehead atoms. The summed E-state index contributed by atoms with van der Waals surface area (Å²) in [6.45, 7) is 3.10. The zero-order chi connectivity index (χ0) is 23.9. The van der Waals surface area contributed by atoms with Gasteiger partial charge in [-0.3, -0.25) is 5.41 Å². The molecule has 1 unspecified atom stereocenters. The second-order valence-corrected chi connectivity index (χ2v) is 7.19. The molecule has 0 saturated heterocycles. The summed E-state index contributed by atoms with van der Waals surface area (Å²) in [7, 11) is 1.38. The number of ether oxygens (including phenoxy) is 3. The molecule has 0 fully saturated rings. The second kappa shape index (κ2) is 10.7. The number of carboxylic acids is 1. The molecule has 5 N–H and O–H groups in total. The molecule has 32 heavy (non-hydrogen) atoms. The first-order valence-electron chi connectivity index (χ1n) is 9.80. The van der Waals surface area contributed by atoms with Crippen molar-refractivity contribution in [2.24, 2.45) is 5.73 Å². The standard InChI is InChI=1S/C22H26ClN3O6/c1-4-22(21(28)29,26-15-8-6-13(7-9-15)20(24)25)16-10-14(23)11-17(30-3)19(16)32-12-18(27)31-5-2/h6-11,26H,4-5,12H2,1-3H3,(H3,24,25)(H,28,29). The number of aliphatic carboxylic acids is 1. The summed E-state index contributed by atoms with van der Waals surface area (Å²) in [5.74, 6) is -1.68. The molecule has 2 rings (SSSR count). The Morgan fingerprint density at radius 1 is 1.22 bits per heavy atom. The number of rotatable bonds is 11. The van der Waals surface area contributed by atoms with Gasteiger partial charge in [-0.25, -0.2) is 9.59 Å². The number of hydrogen-bond acceptors (Lipinski definition) is 7. The Morgan fingerprint density at radius 3 is 2.38 bits per heavy atom. The summed E-state index contributed by atoms with van der Waals surface area (Å²) in [6, 6.07) is 9.36. The first-order chi connectivity index (χ1) is 15.2. The van der Waals surface area contributed by atoms with Gasteiger partial charge < -0.3 is 30.4 Å². The number of hydrogen-bond donors (Lipinski definition) is 4. The Bertz CT molecular complexity index is 996. The predicted molar refractivity (Wildman–Crippen MR) is 121 cm³/mol. The summed E-state index contributed by atoms with van der Waals surface area (Å²) in [4.78, 5) is 24.4. The first-order valence-corrected chi connectivity index (χ1v) is 10.2. The normalized spacial score (nSPS) is 12.4. The van der Waals surface area contributed by atoms with Crippen LogP contribution in [0.2, 0.25) is 5.02 Å². The van der Waals surface area contributed by atoms with Crippen LogP contribution in [0.5, 0.6) is 11.5 Å². The van der Waals surface area contributed by atoms with Gasteiger partial charge >= 0.3 is 11.9 Å². The lowest BCUT2D eigenvalue weighted by molar-refractivity contribution is -0.145. The molecule has 2 aromatic carbocycles. The van der Waals surface area contributed by atoms with Crippen LogP contribution in [0.3, 0.4) is 0 Å². The van der Waals surface area contributed by atoms with Crippen molar-refractivity contribution in [3.8, 4) is 11.5 Å². The van der Waals surface area contributed by atoms with E-state index < -0.39 is 24.1 Å². The quantitative estimate of drug-likeness (QED) is 0.225. The van der Waals surface area contributed by atoms with Crippen molar-refractivity contribution in [1.29, 1.82) is 5.41 Å². The van der Waals surface area contributed by atoms with E-state index in [0.29, 0.717) is 11.3 Å². The number of benzene rings is 2. The maximum absolute atomic E-state index is 12.6. The highest BCUT2D eigenvalue weighted by molar-refractivity contribution is 6.31. The summed E-state index contributed by atoms with van der Waals surface area (Å²) in [6.07, 6.45) is 0.0933. The number of esters is 1. The molecule has 1 atom stereocenters. The number of amidine groups is 1.